The van der Waals surface area contributed by atoms with Crippen LogP contribution in [0.15, 0.2) is 65.7 Å². The first-order chi connectivity index (χ1) is 14.3. The molecule has 2 aromatic carbocycles. The number of guanidine groups is 1. The number of hydrogen-bond acceptors (Lipinski definition) is 3. The van der Waals surface area contributed by atoms with Crippen molar-refractivity contribution in [1.29, 1.82) is 0 Å². The molecule has 0 fully saturated rings. The molecule has 0 aliphatic heterocycles. The molecule has 0 aliphatic carbocycles. The van der Waals surface area contributed by atoms with Crippen molar-refractivity contribution in [2.45, 2.75) is 25.2 Å². The molecule has 2 rings (SSSR count). The Hall–Kier alpha value is -1.64. The van der Waals surface area contributed by atoms with E-state index in [1.165, 1.54) is 11.1 Å². The maximum absolute atomic E-state index is 5.48. The summed E-state index contributed by atoms with van der Waals surface area (Å²) in [5.41, 5.74) is 2.69. The zero-order chi connectivity index (χ0) is 20.6. The van der Waals surface area contributed by atoms with Crippen molar-refractivity contribution in [2.75, 3.05) is 47.1 Å². The number of halogens is 1. The molecule has 0 atom stereocenters. The topological polar surface area (TPSA) is 54.9 Å². The van der Waals surface area contributed by atoms with E-state index in [1.807, 2.05) is 7.05 Å². The molecule has 0 unspecified atom stereocenters. The van der Waals surface area contributed by atoms with Gasteiger partial charge in [-0.1, -0.05) is 60.7 Å². The van der Waals surface area contributed by atoms with Crippen molar-refractivity contribution in [3.05, 3.63) is 71.8 Å². The van der Waals surface area contributed by atoms with Gasteiger partial charge in [0.1, 0.15) is 0 Å². The number of ether oxygens (including phenoxy) is 2. The molecule has 0 amide bonds. The molecule has 0 spiro atoms. The number of benzene rings is 2. The van der Waals surface area contributed by atoms with Crippen LogP contribution in [-0.2, 0) is 9.47 Å². The average Bonchev–Trinajstić information content (AvgIpc) is 2.78. The van der Waals surface area contributed by atoms with Crippen molar-refractivity contribution in [3.8, 4) is 0 Å². The van der Waals surface area contributed by atoms with Crippen molar-refractivity contribution in [3.63, 3.8) is 0 Å². The number of nitrogens with zero attached hydrogens (tertiary/aromatic N) is 1. The first-order valence-electron chi connectivity index (χ1n) is 10.5. The molecule has 6 heteroatoms. The number of methoxy groups -OCH3 is 1. The van der Waals surface area contributed by atoms with Gasteiger partial charge < -0.3 is 20.1 Å². The Morgan fingerprint density at radius 3 is 2.00 bits per heavy atom. The number of hydrogen-bond donors (Lipinski definition) is 2. The smallest absolute Gasteiger partial charge is 0.190 e. The summed E-state index contributed by atoms with van der Waals surface area (Å²) in [7, 11) is 3.50. The number of rotatable bonds is 13. The van der Waals surface area contributed by atoms with Gasteiger partial charge in [-0.15, -0.1) is 24.0 Å². The molecule has 0 aliphatic rings. The lowest BCUT2D eigenvalue weighted by Gasteiger charge is -2.19. The molecule has 2 aromatic rings. The van der Waals surface area contributed by atoms with Crippen LogP contribution in [0.5, 0.6) is 0 Å². The molecule has 5 nitrogen and oxygen atoms in total. The summed E-state index contributed by atoms with van der Waals surface area (Å²) in [6.45, 7) is 3.83. The van der Waals surface area contributed by atoms with Crippen LogP contribution in [0.1, 0.15) is 36.3 Å². The van der Waals surface area contributed by atoms with Crippen LogP contribution in [0.4, 0.5) is 0 Å². The van der Waals surface area contributed by atoms with E-state index >= 15 is 0 Å². The highest BCUT2D eigenvalue weighted by atomic mass is 127. The van der Waals surface area contributed by atoms with Gasteiger partial charge in [-0.3, -0.25) is 4.99 Å². The minimum Gasteiger partial charge on any atom is -0.382 e. The average molecular weight is 525 g/mol. The number of aliphatic imine (C=N–C) groups is 1. The number of nitrogens with one attached hydrogen (secondary N) is 2. The monoisotopic (exact) mass is 525 g/mol. The van der Waals surface area contributed by atoms with Gasteiger partial charge in [0, 0.05) is 39.8 Å². The van der Waals surface area contributed by atoms with E-state index in [0.29, 0.717) is 19.1 Å². The highest BCUT2D eigenvalue weighted by Crippen LogP contribution is 2.27. The van der Waals surface area contributed by atoms with Gasteiger partial charge >= 0.3 is 0 Å². The van der Waals surface area contributed by atoms with Gasteiger partial charge in [-0.25, -0.2) is 0 Å². The summed E-state index contributed by atoms with van der Waals surface area (Å²) < 4.78 is 10.4. The quantitative estimate of drug-likeness (QED) is 0.176. The second-order valence-electron chi connectivity index (χ2n) is 6.90. The molecule has 2 N–H and O–H groups in total. The molecule has 0 saturated heterocycles. The fraction of sp³-hybridized carbons (Fsp3) is 0.458. The number of unbranched alkanes of at least 4 members (excludes halogenated alkanes) is 1. The standard InChI is InChI=1S/C24H35N3O2.HI/c1-25-24(26-16-9-10-18-29-20-19-28-2)27-17-15-23(21-11-5-3-6-12-21)22-13-7-4-8-14-22;/h3-8,11-14,23H,9-10,15-20H2,1-2H3,(H2,25,26,27);1H. The summed E-state index contributed by atoms with van der Waals surface area (Å²) >= 11 is 0. The fourth-order valence-corrected chi connectivity index (χ4v) is 3.23. The van der Waals surface area contributed by atoms with Crippen molar-refractivity contribution >= 4 is 29.9 Å². The second-order valence-corrected chi connectivity index (χ2v) is 6.90. The summed E-state index contributed by atoms with van der Waals surface area (Å²) in [6.07, 6.45) is 3.07. The second kappa shape index (κ2) is 17.1. The lowest BCUT2D eigenvalue weighted by Crippen LogP contribution is -2.38. The Morgan fingerprint density at radius 1 is 0.833 bits per heavy atom. The molecule has 0 saturated carbocycles. The lowest BCUT2D eigenvalue weighted by atomic mass is 9.88. The van der Waals surface area contributed by atoms with Crippen molar-refractivity contribution in [1.82, 2.24) is 10.6 Å². The zero-order valence-corrected chi connectivity index (χ0v) is 20.5. The first kappa shape index (κ1) is 26.4. The molecule has 0 heterocycles. The molecule has 30 heavy (non-hydrogen) atoms. The Kier molecular flexibility index (Phi) is 15.0. The van der Waals surface area contributed by atoms with Crippen LogP contribution >= 0.6 is 24.0 Å². The summed E-state index contributed by atoms with van der Waals surface area (Å²) in [5.74, 6) is 1.22. The van der Waals surface area contributed by atoms with Crippen LogP contribution in [0, 0.1) is 0 Å². The Balaban J connectivity index is 0.00000450. The largest absolute Gasteiger partial charge is 0.382 e. The maximum atomic E-state index is 5.48. The molecule has 0 bridgehead atoms. The fourth-order valence-electron chi connectivity index (χ4n) is 3.23. The first-order valence-corrected chi connectivity index (χ1v) is 10.5. The van der Waals surface area contributed by atoms with Crippen LogP contribution in [-0.4, -0.2) is 53.0 Å². The normalized spacial score (nSPS) is 11.2. The SMILES string of the molecule is CN=C(NCCCCOCCOC)NCCC(c1ccccc1)c1ccccc1.I. The van der Waals surface area contributed by atoms with E-state index in [9.17, 15) is 0 Å². The van der Waals surface area contributed by atoms with Crippen LogP contribution in [0.2, 0.25) is 0 Å². The van der Waals surface area contributed by atoms with E-state index in [-0.39, 0.29) is 24.0 Å². The van der Waals surface area contributed by atoms with E-state index < -0.39 is 0 Å². The molecule has 0 aromatic heterocycles. The summed E-state index contributed by atoms with van der Waals surface area (Å²) in [5, 5.41) is 6.83. The Bertz CT molecular complexity index is 644. The van der Waals surface area contributed by atoms with E-state index in [0.717, 1.165) is 44.9 Å². The molecular formula is C24H36IN3O2. The van der Waals surface area contributed by atoms with Gasteiger partial charge in [-0.2, -0.15) is 0 Å². The summed E-state index contributed by atoms with van der Waals surface area (Å²) in [4.78, 5) is 4.34. The predicted molar refractivity (Wildman–Crippen MR) is 136 cm³/mol. The van der Waals surface area contributed by atoms with E-state index in [2.05, 4.69) is 76.3 Å². The summed E-state index contributed by atoms with van der Waals surface area (Å²) in [6, 6.07) is 21.4. The maximum Gasteiger partial charge on any atom is 0.190 e. The van der Waals surface area contributed by atoms with Gasteiger partial charge in [0.2, 0.25) is 0 Å². The van der Waals surface area contributed by atoms with Gasteiger partial charge in [-0.05, 0) is 30.4 Å². The predicted octanol–water partition coefficient (Wildman–Crippen LogP) is 4.43. The van der Waals surface area contributed by atoms with Crippen LogP contribution in [0.25, 0.3) is 0 Å². The van der Waals surface area contributed by atoms with Crippen molar-refractivity contribution < 1.29 is 9.47 Å². The third kappa shape index (κ3) is 10.4. The van der Waals surface area contributed by atoms with Gasteiger partial charge in [0.15, 0.2) is 5.96 Å². The van der Waals surface area contributed by atoms with Crippen LogP contribution in [0.3, 0.4) is 0 Å². The molecule has 166 valence electrons. The van der Waals surface area contributed by atoms with Gasteiger partial charge in [0.25, 0.3) is 0 Å². The zero-order valence-electron chi connectivity index (χ0n) is 18.2. The van der Waals surface area contributed by atoms with Crippen LogP contribution < -0.4 is 10.6 Å². The van der Waals surface area contributed by atoms with E-state index in [4.69, 9.17) is 9.47 Å². The highest BCUT2D eigenvalue weighted by Gasteiger charge is 2.13. The molecule has 0 radical (unpaired) electrons. The molecular weight excluding hydrogens is 489 g/mol. The van der Waals surface area contributed by atoms with Crippen molar-refractivity contribution in [2.24, 2.45) is 4.99 Å². The minimum atomic E-state index is 0. The third-order valence-electron chi connectivity index (χ3n) is 4.79. The minimum absolute atomic E-state index is 0. The Morgan fingerprint density at radius 2 is 1.43 bits per heavy atom. The van der Waals surface area contributed by atoms with Gasteiger partial charge in [0.05, 0.1) is 13.2 Å². The third-order valence-corrected chi connectivity index (χ3v) is 4.79. The highest BCUT2D eigenvalue weighted by molar-refractivity contribution is 14.0. The van der Waals surface area contributed by atoms with E-state index in [1.54, 1.807) is 7.11 Å². The Labute approximate surface area is 198 Å². The lowest BCUT2D eigenvalue weighted by molar-refractivity contribution is 0.0689.